The number of pyridine rings is 1. The number of nitrogens with zero attached hydrogens (tertiary/aromatic N) is 2. The molecule has 2 N–H and O–H groups in total. The van der Waals surface area contributed by atoms with Crippen molar-refractivity contribution >= 4 is 21.7 Å². The van der Waals surface area contributed by atoms with Crippen molar-refractivity contribution in [2.75, 3.05) is 5.73 Å². The van der Waals surface area contributed by atoms with Crippen LogP contribution in [-0.4, -0.2) is 10.1 Å². The summed E-state index contributed by atoms with van der Waals surface area (Å²) in [6, 6.07) is 3.78. The number of nitrogen functional groups attached to an aromatic ring is 1. The third kappa shape index (κ3) is 2.24. The summed E-state index contributed by atoms with van der Waals surface area (Å²) in [6.07, 6.45) is 3.60. The van der Waals surface area contributed by atoms with E-state index in [1.165, 1.54) is 0 Å². The van der Waals surface area contributed by atoms with Gasteiger partial charge < -0.3 is 10.3 Å². The van der Waals surface area contributed by atoms with Crippen LogP contribution in [0.5, 0.6) is 0 Å². The molecule has 84 valence electrons. The van der Waals surface area contributed by atoms with Crippen molar-refractivity contribution in [1.82, 2.24) is 10.1 Å². The van der Waals surface area contributed by atoms with Crippen molar-refractivity contribution in [1.29, 1.82) is 0 Å². The van der Waals surface area contributed by atoms with E-state index < -0.39 is 0 Å². The van der Waals surface area contributed by atoms with Crippen LogP contribution in [0.25, 0.3) is 11.3 Å². The average molecular weight is 282 g/mol. The van der Waals surface area contributed by atoms with Gasteiger partial charge in [0.1, 0.15) is 5.82 Å². The lowest BCUT2D eigenvalue weighted by Gasteiger charge is -2.00. The smallest absolute Gasteiger partial charge is 0.170 e. The van der Waals surface area contributed by atoms with E-state index in [1.807, 2.05) is 12.1 Å². The SMILES string of the molecule is CCCc1cc(-c2cc(Br)cnc2N)on1. The molecule has 2 heterocycles. The van der Waals surface area contributed by atoms with Crippen molar-refractivity contribution in [3.05, 3.63) is 28.5 Å². The molecule has 2 aromatic heterocycles. The van der Waals surface area contributed by atoms with Crippen molar-refractivity contribution in [2.45, 2.75) is 19.8 Å². The highest BCUT2D eigenvalue weighted by molar-refractivity contribution is 9.10. The number of aromatic nitrogens is 2. The Morgan fingerprint density at radius 2 is 2.25 bits per heavy atom. The molecule has 0 aliphatic carbocycles. The fourth-order valence-electron chi connectivity index (χ4n) is 1.46. The fraction of sp³-hybridized carbons (Fsp3) is 0.273. The molecule has 0 unspecified atom stereocenters. The lowest BCUT2D eigenvalue weighted by Crippen LogP contribution is -1.92. The third-order valence-electron chi connectivity index (χ3n) is 2.22. The summed E-state index contributed by atoms with van der Waals surface area (Å²) in [7, 11) is 0. The maximum Gasteiger partial charge on any atom is 0.170 e. The molecule has 2 rings (SSSR count). The Bertz CT molecular complexity index is 496. The molecule has 0 aliphatic rings. The van der Waals surface area contributed by atoms with E-state index in [-0.39, 0.29) is 0 Å². The Labute approximate surface area is 102 Å². The van der Waals surface area contributed by atoms with Crippen molar-refractivity contribution in [2.24, 2.45) is 0 Å². The molecule has 5 heteroatoms. The molecule has 0 bridgehead atoms. The van der Waals surface area contributed by atoms with Crippen LogP contribution >= 0.6 is 15.9 Å². The summed E-state index contributed by atoms with van der Waals surface area (Å²) in [6.45, 7) is 2.10. The first kappa shape index (κ1) is 11.1. The normalized spacial score (nSPS) is 10.6. The van der Waals surface area contributed by atoms with Gasteiger partial charge in [0.15, 0.2) is 5.76 Å². The zero-order valence-electron chi connectivity index (χ0n) is 8.90. The number of aryl methyl sites for hydroxylation is 1. The van der Waals surface area contributed by atoms with Gasteiger partial charge in [-0.1, -0.05) is 18.5 Å². The molecule has 16 heavy (non-hydrogen) atoms. The van der Waals surface area contributed by atoms with Gasteiger partial charge in [-0.3, -0.25) is 0 Å². The van der Waals surface area contributed by atoms with Crippen LogP contribution in [0.4, 0.5) is 5.82 Å². The molecule has 0 atom stereocenters. The molecular formula is C11H12BrN3O. The summed E-state index contributed by atoms with van der Waals surface area (Å²) in [4.78, 5) is 4.05. The van der Waals surface area contributed by atoms with Crippen LogP contribution in [0.3, 0.4) is 0 Å². The Kier molecular flexibility index (Phi) is 3.24. The zero-order chi connectivity index (χ0) is 11.5. The summed E-state index contributed by atoms with van der Waals surface area (Å²) in [5, 5.41) is 3.98. The van der Waals surface area contributed by atoms with Gasteiger partial charge in [-0.15, -0.1) is 0 Å². The molecule has 4 nitrogen and oxygen atoms in total. The second-order valence-electron chi connectivity index (χ2n) is 3.52. The van der Waals surface area contributed by atoms with Gasteiger partial charge in [-0.05, 0) is 28.4 Å². The maximum absolute atomic E-state index is 5.78. The first-order valence-corrected chi connectivity index (χ1v) is 5.87. The second-order valence-corrected chi connectivity index (χ2v) is 4.43. The summed E-state index contributed by atoms with van der Waals surface area (Å²) < 4.78 is 6.11. The molecule has 0 saturated carbocycles. The molecule has 0 spiro atoms. The molecule has 0 aliphatic heterocycles. The Morgan fingerprint density at radius 1 is 1.44 bits per heavy atom. The van der Waals surface area contributed by atoms with Gasteiger partial charge >= 0.3 is 0 Å². The minimum Gasteiger partial charge on any atom is -0.383 e. The minimum absolute atomic E-state index is 0.447. The largest absolute Gasteiger partial charge is 0.383 e. The van der Waals surface area contributed by atoms with Gasteiger partial charge in [0.05, 0.1) is 11.3 Å². The fourth-order valence-corrected chi connectivity index (χ4v) is 1.79. The molecule has 2 aromatic rings. The minimum atomic E-state index is 0.447. The van der Waals surface area contributed by atoms with Gasteiger partial charge in [0.2, 0.25) is 0 Å². The lowest BCUT2D eigenvalue weighted by atomic mass is 10.1. The molecule has 0 fully saturated rings. The van der Waals surface area contributed by atoms with Crippen LogP contribution in [0.2, 0.25) is 0 Å². The monoisotopic (exact) mass is 281 g/mol. The van der Waals surface area contributed by atoms with E-state index in [0.29, 0.717) is 11.6 Å². The Morgan fingerprint density at radius 3 is 3.00 bits per heavy atom. The van der Waals surface area contributed by atoms with Crippen LogP contribution in [0.1, 0.15) is 19.0 Å². The van der Waals surface area contributed by atoms with Gasteiger partial charge in [0, 0.05) is 16.7 Å². The van der Waals surface area contributed by atoms with Crippen LogP contribution in [-0.2, 0) is 6.42 Å². The van der Waals surface area contributed by atoms with E-state index >= 15 is 0 Å². The third-order valence-corrected chi connectivity index (χ3v) is 2.65. The van der Waals surface area contributed by atoms with Gasteiger partial charge in [-0.2, -0.15) is 0 Å². The zero-order valence-corrected chi connectivity index (χ0v) is 10.5. The Hall–Kier alpha value is -1.36. The molecule has 0 saturated heterocycles. The Balaban J connectivity index is 2.38. The highest BCUT2D eigenvalue weighted by Gasteiger charge is 2.10. The maximum atomic E-state index is 5.78. The lowest BCUT2D eigenvalue weighted by molar-refractivity contribution is 0.423. The van der Waals surface area contributed by atoms with Crippen LogP contribution < -0.4 is 5.73 Å². The first-order chi connectivity index (χ1) is 7.70. The van der Waals surface area contributed by atoms with E-state index in [2.05, 4.69) is 33.0 Å². The second kappa shape index (κ2) is 4.65. The summed E-state index contributed by atoms with van der Waals surface area (Å²) in [5.74, 6) is 1.11. The van der Waals surface area contributed by atoms with Crippen LogP contribution in [0, 0.1) is 0 Å². The van der Waals surface area contributed by atoms with Gasteiger partial charge in [0.25, 0.3) is 0 Å². The standard InChI is InChI=1S/C11H12BrN3O/c1-2-3-8-5-10(16-15-8)9-4-7(12)6-14-11(9)13/h4-6H,2-3H2,1H3,(H2,13,14). The summed E-state index contributed by atoms with van der Waals surface area (Å²) in [5.41, 5.74) is 7.49. The van der Waals surface area contributed by atoms with Crippen molar-refractivity contribution in [3.8, 4) is 11.3 Å². The van der Waals surface area contributed by atoms with E-state index in [0.717, 1.165) is 28.6 Å². The average Bonchev–Trinajstić information content (AvgIpc) is 2.71. The molecule has 0 amide bonds. The number of nitrogens with two attached hydrogens (primary N) is 1. The number of hydrogen-bond donors (Lipinski definition) is 1. The number of hydrogen-bond acceptors (Lipinski definition) is 4. The molecular weight excluding hydrogens is 270 g/mol. The van der Waals surface area contributed by atoms with E-state index in [4.69, 9.17) is 10.3 Å². The number of anilines is 1. The predicted octanol–water partition coefficient (Wildman–Crippen LogP) is 3.03. The van der Waals surface area contributed by atoms with E-state index in [9.17, 15) is 0 Å². The highest BCUT2D eigenvalue weighted by atomic mass is 79.9. The predicted molar refractivity (Wildman–Crippen MR) is 65.8 cm³/mol. The first-order valence-electron chi connectivity index (χ1n) is 5.07. The quantitative estimate of drug-likeness (QED) is 0.939. The molecule has 0 aromatic carbocycles. The van der Waals surface area contributed by atoms with E-state index in [1.54, 1.807) is 6.20 Å². The molecule has 0 radical (unpaired) electrons. The number of rotatable bonds is 3. The van der Waals surface area contributed by atoms with Gasteiger partial charge in [-0.25, -0.2) is 4.98 Å². The summed E-state index contributed by atoms with van der Waals surface area (Å²) >= 11 is 3.35. The number of halogens is 1. The van der Waals surface area contributed by atoms with Crippen molar-refractivity contribution in [3.63, 3.8) is 0 Å². The van der Waals surface area contributed by atoms with Crippen LogP contribution in [0.15, 0.2) is 27.3 Å². The highest BCUT2D eigenvalue weighted by Crippen LogP contribution is 2.27. The van der Waals surface area contributed by atoms with Crippen molar-refractivity contribution < 1.29 is 4.52 Å². The topological polar surface area (TPSA) is 64.9 Å².